The third-order valence-electron chi connectivity index (χ3n) is 0.623. The van der Waals surface area contributed by atoms with Crippen molar-refractivity contribution in [2.75, 3.05) is 21.3 Å². The van der Waals surface area contributed by atoms with Gasteiger partial charge in [-0.1, -0.05) is 11.3 Å². The van der Waals surface area contributed by atoms with Crippen LogP contribution in [0, 0.1) is 0 Å². The molecule has 0 aromatic heterocycles. The zero-order valence-electron chi connectivity index (χ0n) is 7.40. The molecule has 0 aromatic rings. The van der Waals surface area contributed by atoms with Gasteiger partial charge in [0.1, 0.15) is 5.39 Å². The molecule has 0 bridgehead atoms. The Bertz CT molecular complexity index is 106. The maximum Gasteiger partial charge on any atom is 0.116 e. The van der Waals surface area contributed by atoms with Crippen molar-refractivity contribution >= 4 is 0 Å². The predicted octanol–water partition coefficient (Wildman–Crippen LogP) is -1.72. The first-order valence-corrected chi connectivity index (χ1v) is 3.00. The molecule has 3 N–H and O–H groups in total. The largest absolute Gasteiger partial charge is 0.279 e. The minimum absolute atomic E-state index is 0.515. The smallest absolute Gasteiger partial charge is 0.116 e. The lowest BCUT2D eigenvalue weighted by molar-refractivity contribution is -0.591. The fourth-order valence-electron chi connectivity index (χ4n) is 0.269. The third kappa shape index (κ3) is 7.94. The summed E-state index contributed by atoms with van der Waals surface area (Å²) in [7, 11) is 3.96. The number of rotatable bonds is 9. The van der Waals surface area contributed by atoms with Crippen molar-refractivity contribution < 1.29 is 29.3 Å². The van der Waals surface area contributed by atoms with Crippen molar-refractivity contribution in [2.45, 2.75) is 0 Å². The summed E-state index contributed by atoms with van der Waals surface area (Å²) < 4.78 is 0. The quantitative estimate of drug-likeness (QED) is 0.294. The van der Waals surface area contributed by atoms with E-state index in [1.54, 1.807) is 0 Å². The van der Waals surface area contributed by atoms with Crippen LogP contribution in [0.1, 0.15) is 0 Å². The van der Waals surface area contributed by atoms with Crippen LogP contribution in [-0.4, -0.2) is 26.7 Å². The van der Waals surface area contributed by atoms with E-state index in [2.05, 4.69) is 29.3 Å². The number of hydrogen-bond donors (Lipinski definition) is 3. The maximum atomic E-state index is 4.47. The molecule has 0 aliphatic rings. The number of nitrogens with zero attached hydrogens (tertiary/aromatic N) is 1. The van der Waals surface area contributed by atoms with Gasteiger partial charge in [0.15, 0.2) is 0 Å². The van der Waals surface area contributed by atoms with Crippen molar-refractivity contribution in [3.63, 3.8) is 0 Å². The van der Waals surface area contributed by atoms with Crippen LogP contribution in [0.15, 0.2) is 0 Å². The van der Waals surface area contributed by atoms with Crippen molar-refractivity contribution in [2.24, 2.45) is 0 Å². The highest BCUT2D eigenvalue weighted by atomic mass is 17.3. The minimum Gasteiger partial charge on any atom is -0.279 e. The lowest BCUT2D eigenvalue weighted by Crippen LogP contribution is -2.37. The third-order valence-corrected chi connectivity index (χ3v) is 0.623. The highest BCUT2D eigenvalue weighted by Gasteiger charge is 2.04. The molecule has 0 saturated carbocycles. The molecule has 0 unspecified atom stereocenters. The molecule has 0 amide bonds. The molecule has 0 spiro atoms. The summed E-state index contributed by atoms with van der Waals surface area (Å²) in [5, 5.41) is 0.515. The van der Waals surface area contributed by atoms with Crippen LogP contribution >= 0.6 is 0 Å². The molecule has 0 fully saturated rings. The van der Waals surface area contributed by atoms with Crippen LogP contribution < -0.4 is 16.9 Å². The minimum atomic E-state index is 0.515. The molecule has 0 heterocycles. The Morgan fingerprint density at radius 3 is 2.00 bits per heavy atom. The molecular weight excluding hydrogens is 188 g/mol. The van der Waals surface area contributed by atoms with Gasteiger partial charge >= 0.3 is 0 Å². The van der Waals surface area contributed by atoms with Crippen LogP contribution in [0.3, 0.4) is 0 Å². The lowest BCUT2D eigenvalue weighted by atomic mass is 11.7. The molecule has 0 atom stereocenters. The van der Waals surface area contributed by atoms with Gasteiger partial charge in [0.2, 0.25) is 0 Å². The number of hydrogen-bond acceptors (Lipinski definition) is 10. The zero-order chi connectivity index (χ0) is 9.94. The Balaban J connectivity index is 3.25. The van der Waals surface area contributed by atoms with E-state index in [1.165, 1.54) is 21.3 Å². The Hall–Kier alpha value is -0.400. The van der Waals surface area contributed by atoms with Crippen LogP contribution in [0.4, 0.5) is 0 Å². The molecule has 0 aliphatic carbocycles. The van der Waals surface area contributed by atoms with Gasteiger partial charge in [-0.2, -0.15) is 4.94 Å². The first-order chi connectivity index (χ1) is 6.35. The Kier molecular flexibility index (Phi) is 9.39. The van der Waals surface area contributed by atoms with E-state index in [0.29, 0.717) is 5.39 Å². The molecule has 13 heavy (non-hydrogen) atoms. The summed E-state index contributed by atoms with van der Waals surface area (Å²) in [6.07, 6.45) is 0. The molecule has 10 heteroatoms. The van der Waals surface area contributed by atoms with Gasteiger partial charge in [0, 0.05) is 0 Å². The molecule has 80 valence electrons. The van der Waals surface area contributed by atoms with E-state index >= 15 is 0 Å². The van der Waals surface area contributed by atoms with Gasteiger partial charge in [0.25, 0.3) is 0 Å². The second-order valence-corrected chi connectivity index (χ2v) is 1.35. The van der Waals surface area contributed by atoms with E-state index in [4.69, 9.17) is 0 Å². The Labute approximate surface area is 74.1 Å². The molecule has 10 nitrogen and oxygen atoms in total. The predicted molar refractivity (Wildman–Crippen MR) is 35.5 cm³/mol. The summed E-state index contributed by atoms with van der Waals surface area (Å²) in [4.78, 5) is 26.2. The zero-order valence-corrected chi connectivity index (χ0v) is 7.40. The Morgan fingerprint density at radius 2 is 1.46 bits per heavy atom. The fourth-order valence-corrected chi connectivity index (χ4v) is 0.269. The molecule has 0 aromatic carbocycles. The van der Waals surface area contributed by atoms with Gasteiger partial charge in [-0.15, -0.1) is 9.88 Å². The average molecular weight is 200 g/mol. The van der Waals surface area contributed by atoms with Crippen molar-refractivity contribution in [1.29, 1.82) is 0 Å². The molecule has 0 rings (SSSR count). The highest BCUT2D eigenvalue weighted by Crippen LogP contribution is 1.85. The van der Waals surface area contributed by atoms with Gasteiger partial charge in [-0.25, -0.2) is 0 Å². The van der Waals surface area contributed by atoms with Gasteiger partial charge in [0.05, 0.1) is 21.3 Å². The van der Waals surface area contributed by atoms with Crippen LogP contribution in [0.2, 0.25) is 0 Å². The molecule has 0 saturated heterocycles. The summed E-state index contributed by atoms with van der Waals surface area (Å²) in [5.74, 6) is 0. The normalized spacial score (nSPS) is 11.1. The van der Waals surface area contributed by atoms with E-state index in [9.17, 15) is 0 Å². The SMILES string of the molecule is CONONON(OC)ONOC. The Morgan fingerprint density at radius 1 is 0.846 bits per heavy atom. The first-order valence-electron chi connectivity index (χ1n) is 3.00. The molecular formula is C3H12N4O6. The van der Waals surface area contributed by atoms with E-state index in [1.807, 2.05) is 16.9 Å². The lowest BCUT2D eigenvalue weighted by Gasteiger charge is -2.14. The molecule has 0 aliphatic heterocycles. The second kappa shape index (κ2) is 9.69. The first kappa shape index (κ1) is 12.6. The maximum absolute atomic E-state index is 4.47. The van der Waals surface area contributed by atoms with E-state index < -0.39 is 0 Å². The summed E-state index contributed by atoms with van der Waals surface area (Å²) in [6.45, 7) is 0. The molecule has 0 radical (unpaired) electrons. The van der Waals surface area contributed by atoms with Gasteiger partial charge in [-0.05, 0) is 5.64 Å². The van der Waals surface area contributed by atoms with Crippen LogP contribution in [0.25, 0.3) is 0 Å². The van der Waals surface area contributed by atoms with E-state index in [-0.39, 0.29) is 0 Å². The average Bonchev–Trinajstić information content (AvgIpc) is 2.17. The van der Waals surface area contributed by atoms with Crippen LogP contribution in [-0.2, 0) is 29.3 Å². The van der Waals surface area contributed by atoms with Gasteiger partial charge in [-0.3, -0.25) is 14.5 Å². The van der Waals surface area contributed by atoms with Crippen molar-refractivity contribution in [3.8, 4) is 0 Å². The standard InChI is InChI=1S/C3H12N4O6/c1-8-4-11-6-13-7(10-3)12-5-9-2/h4-6H,1-3H3. The van der Waals surface area contributed by atoms with Gasteiger partial charge < -0.3 is 0 Å². The summed E-state index contributed by atoms with van der Waals surface area (Å²) in [5.41, 5.74) is 5.82. The summed E-state index contributed by atoms with van der Waals surface area (Å²) >= 11 is 0. The summed E-state index contributed by atoms with van der Waals surface area (Å²) in [6, 6.07) is 0. The van der Waals surface area contributed by atoms with Crippen molar-refractivity contribution in [1.82, 2.24) is 22.3 Å². The monoisotopic (exact) mass is 200 g/mol. The fraction of sp³-hybridized carbons (Fsp3) is 1.00. The van der Waals surface area contributed by atoms with Crippen LogP contribution in [0.5, 0.6) is 0 Å². The van der Waals surface area contributed by atoms with Crippen molar-refractivity contribution in [3.05, 3.63) is 0 Å². The highest BCUT2D eigenvalue weighted by molar-refractivity contribution is 3.74. The second-order valence-electron chi connectivity index (χ2n) is 1.35. The van der Waals surface area contributed by atoms with E-state index in [0.717, 1.165) is 0 Å². The topological polar surface area (TPSA) is 94.7 Å². The number of nitrogens with one attached hydrogen (secondary N) is 3.